The van der Waals surface area contributed by atoms with Gasteiger partial charge in [-0.3, -0.25) is 4.79 Å². The van der Waals surface area contributed by atoms with E-state index in [1.807, 2.05) is 20.9 Å². The summed E-state index contributed by atoms with van der Waals surface area (Å²) in [5.74, 6) is -0.219. The maximum absolute atomic E-state index is 12.8. The lowest BCUT2D eigenvalue weighted by Crippen LogP contribution is -2.27. The van der Waals surface area contributed by atoms with Crippen molar-refractivity contribution in [2.45, 2.75) is 26.7 Å². The van der Waals surface area contributed by atoms with Gasteiger partial charge >= 0.3 is 0 Å². The molecule has 1 heterocycles. The van der Waals surface area contributed by atoms with Crippen molar-refractivity contribution in [1.29, 1.82) is 0 Å². The average Bonchev–Trinajstić information content (AvgIpc) is 2.68. The fraction of sp³-hybridized carbons (Fsp3) is 0.353. The molecule has 112 valence electrons. The second-order valence-electron chi connectivity index (χ2n) is 5.36. The van der Waals surface area contributed by atoms with Crippen molar-refractivity contribution in [2.24, 2.45) is 7.05 Å². The number of carbonyl (C=O) groups excluding carboxylic acids is 1. The van der Waals surface area contributed by atoms with Gasteiger partial charge in [0.15, 0.2) is 0 Å². The Kier molecular flexibility index (Phi) is 4.78. The first-order valence-electron chi connectivity index (χ1n) is 7.10. The molecule has 0 saturated carbocycles. The molecule has 4 heteroatoms. The molecule has 0 aliphatic carbocycles. The molecule has 0 atom stereocenters. The number of halogens is 1. The van der Waals surface area contributed by atoms with Crippen LogP contribution in [0.15, 0.2) is 30.3 Å². The summed E-state index contributed by atoms with van der Waals surface area (Å²) in [5.41, 5.74) is 4.36. The highest BCUT2D eigenvalue weighted by Gasteiger charge is 2.10. The maximum atomic E-state index is 12.8. The van der Waals surface area contributed by atoms with E-state index in [0.717, 1.165) is 22.5 Å². The van der Waals surface area contributed by atoms with Crippen molar-refractivity contribution < 1.29 is 9.18 Å². The standard InChI is InChI=1S/C17H21FN2O/c1-12-10-15(13(2)20(12)3)11-17(21)19-9-8-14-4-6-16(18)7-5-14/h4-7,10H,8-9,11H2,1-3H3,(H,19,21). The average molecular weight is 288 g/mol. The van der Waals surface area contributed by atoms with E-state index >= 15 is 0 Å². The topological polar surface area (TPSA) is 34.0 Å². The summed E-state index contributed by atoms with van der Waals surface area (Å²) in [7, 11) is 2.00. The van der Waals surface area contributed by atoms with E-state index in [1.54, 1.807) is 12.1 Å². The van der Waals surface area contributed by atoms with Gasteiger partial charge in [0, 0.05) is 25.0 Å². The second kappa shape index (κ2) is 6.57. The fourth-order valence-corrected chi connectivity index (χ4v) is 2.35. The third-order valence-corrected chi connectivity index (χ3v) is 3.88. The molecule has 1 N–H and O–H groups in total. The summed E-state index contributed by atoms with van der Waals surface area (Å²) < 4.78 is 14.9. The summed E-state index contributed by atoms with van der Waals surface area (Å²) in [6.45, 7) is 4.62. The van der Waals surface area contributed by atoms with Crippen LogP contribution >= 0.6 is 0 Å². The minimum Gasteiger partial charge on any atom is -0.355 e. The predicted octanol–water partition coefficient (Wildman–Crippen LogP) is 2.68. The number of benzene rings is 1. The van der Waals surface area contributed by atoms with Crippen LogP contribution in [0.1, 0.15) is 22.5 Å². The van der Waals surface area contributed by atoms with Crippen molar-refractivity contribution in [3.63, 3.8) is 0 Å². The molecule has 0 radical (unpaired) electrons. The largest absolute Gasteiger partial charge is 0.355 e. The van der Waals surface area contributed by atoms with Gasteiger partial charge in [-0.05, 0) is 49.6 Å². The van der Waals surface area contributed by atoms with Gasteiger partial charge in [-0.2, -0.15) is 0 Å². The third-order valence-electron chi connectivity index (χ3n) is 3.88. The van der Waals surface area contributed by atoms with Crippen LogP contribution in [0, 0.1) is 19.7 Å². The Balaban J connectivity index is 1.82. The summed E-state index contributed by atoms with van der Waals surface area (Å²) in [5, 5.41) is 2.91. The number of aryl methyl sites for hydroxylation is 1. The minimum absolute atomic E-state index is 0.0193. The van der Waals surface area contributed by atoms with Crippen LogP contribution in [0.2, 0.25) is 0 Å². The first-order valence-corrected chi connectivity index (χ1v) is 7.10. The van der Waals surface area contributed by atoms with Gasteiger partial charge in [-0.15, -0.1) is 0 Å². The van der Waals surface area contributed by atoms with E-state index in [0.29, 0.717) is 19.4 Å². The quantitative estimate of drug-likeness (QED) is 0.902. The van der Waals surface area contributed by atoms with Crippen molar-refractivity contribution in [3.8, 4) is 0 Å². The van der Waals surface area contributed by atoms with Crippen molar-refractivity contribution in [2.75, 3.05) is 6.54 Å². The lowest BCUT2D eigenvalue weighted by molar-refractivity contribution is -0.120. The SMILES string of the molecule is Cc1cc(CC(=O)NCCc2ccc(F)cc2)c(C)n1C. The Labute approximate surface area is 124 Å². The molecular weight excluding hydrogens is 267 g/mol. The summed E-state index contributed by atoms with van der Waals surface area (Å²) in [6, 6.07) is 8.41. The molecule has 21 heavy (non-hydrogen) atoms. The molecule has 1 amide bonds. The Morgan fingerprint density at radius 1 is 1.24 bits per heavy atom. The van der Waals surface area contributed by atoms with Gasteiger partial charge < -0.3 is 9.88 Å². The van der Waals surface area contributed by atoms with Gasteiger partial charge in [0.2, 0.25) is 5.91 Å². The smallest absolute Gasteiger partial charge is 0.224 e. The van der Waals surface area contributed by atoms with Crippen molar-refractivity contribution >= 4 is 5.91 Å². The highest BCUT2D eigenvalue weighted by molar-refractivity contribution is 5.78. The third kappa shape index (κ3) is 3.94. The van der Waals surface area contributed by atoms with Gasteiger partial charge in [-0.25, -0.2) is 4.39 Å². The van der Waals surface area contributed by atoms with Crippen LogP contribution in [0.4, 0.5) is 4.39 Å². The number of carbonyl (C=O) groups is 1. The monoisotopic (exact) mass is 288 g/mol. The van der Waals surface area contributed by atoms with Crippen LogP contribution < -0.4 is 5.32 Å². The number of aromatic nitrogens is 1. The molecule has 0 aliphatic rings. The molecular formula is C17H21FN2O. The zero-order valence-corrected chi connectivity index (χ0v) is 12.7. The van der Waals surface area contributed by atoms with E-state index in [1.165, 1.54) is 12.1 Å². The van der Waals surface area contributed by atoms with E-state index < -0.39 is 0 Å². The molecule has 0 fully saturated rings. The van der Waals surface area contributed by atoms with E-state index in [4.69, 9.17) is 0 Å². The molecule has 0 bridgehead atoms. The minimum atomic E-state index is -0.238. The normalized spacial score (nSPS) is 10.7. The molecule has 3 nitrogen and oxygen atoms in total. The lowest BCUT2D eigenvalue weighted by Gasteiger charge is -2.06. The summed E-state index contributed by atoms with van der Waals surface area (Å²) >= 11 is 0. The van der Waals surface area contributed by atoms with Gasteiger partial charge in [0.05, 0.1) is 6.42 Å². The van der Waals surface area contributed by atoms with E-state index in [-0.39, 0.29) is 11.7 Å². The van der Waals surface area contributed by atoms with E-state index in [9.17, 15) is 9.18 Å². The molecule has 0 aliphatic heterocycles. The van der Waals surface area contributed by atoms with Crippen LogP contribution in [-0.4, -0.2) is 17.0 Å². The molecule has 1 aromatic heterocycles. The Bertz CT molecular complexity index is 629. The molecule has 2 aromatic rings. The predicted molar refractivity (Wildman–Crippen MR) is 81.7 cm³/mol. The van der Waals surface area contributed by atoms with Gasteiger partial charge in [0.25, 0.3) is 0 Å². The second-order valence-corrected chi connectivity index (χ2v) is 5.36. The van der Waals surface area contributed by atoms with Crippen LogP contribution in [0.5, 0.6) is 0 Å². The Hall–Kier alpha value is -2.10. The Morgan fingerprint density at radius 2 is 1.90 bits per heavy atom. The molecule has 0 saturated heterocycles. The number of hydrogen-bond acceptors (Lipinski definition) is 1. The zero-order chi connectivity index (χ0) is 15.4. The first kappa shape index (κ1) is 15.3. The van der Waals surface area contributed by atoms with Crippen LogP contribution in [0.3, 0.4) is 0 Å². The van der Waals surface area contributed by atoms with Gasteiger partial charge in [-0.1, -0.05) is 12.1 Å². The van der Waals surface area contributed by atoms with Crippen LogP contribution in [-0.2, 0) is 24.7 Å². The summed E-state index contributed by atoms with van der Waals surface area (Å²) in [6.07, 6.45) is 1.11. The number of nitrogens with one attached hydrogen (secondary N) is 1. The number of hydrogen-bond donors (Lipinski definition) is 1. The van der Waals surface area contributed by atoms with Gasteiger partial charge in [0.1, 0.15) is 5.82 Å². The number of nitrogens with zero attached hydrogens (tertiary/aromatic N) is 1. The highest BCUT2D eigenvalue weighted by Crippen LogP contribution is 2.13. The molecule has 0 spiro atoms. The molecule has 2 rings (SSSR count). The van der Waals surface area contributed by atoms with Crippen LogP contribution in [0.25, 0.3) is 0 Å². The zero-order valence-electron chi connectivity index (χ0n) is 12.7. The summed E-state index contributed by atoms with van der Waals surface area (Å²) in [4.78, 5) is 11.9. The fourth-order valence-electron chi connectivity index (χ4n) is 2.35. The highest BCUT2D eigenvalue weighted by atomic mass is 19.1. The number of amides is 1. The van der Waals surface area contributed by atoms with Crippen molar-refractivity contribution in [3.05, 3.63) is 58.7 Å². The van der Waals surface area contributed by atoms with E-state index in [2.05, 4.69) is 16.0 Å². The molecule has 0 unspecified atom stereocenters. The first-order chi connectivity index (χ1) is 9.97. The molecule has 1 aromatic carbocycles. The number of rotatable bonds is 5. The lowest BCUT2D eigenvalue weighted by atomic mass is 10.1. The van der Waals surface area contributed by atoms with Crippen molar-refractivity contribution in [1.82, 2.24) is 9.88 Å². The Morgan fingerprint density at radius 3 is 2.48 bits per heavy atom. The maximum Gasteiger partial charge on any atom is 0.224 e.